The maximum absolute atomic E-state index is 13.3. The quantitative estimate of drug-likeness (QED) is 0.820. The lowest BCUT2D eigenvalue weighted by Gasteiger charge is -2.39. The van der Waals surface area contributed by atoms with E-state index in [1.54, 1.807) is 24.3 Å². The van der Waals surface area contributed by atoms with Gasteiger partial charge in [-0.25, -0.2) is 8.42 Å². The monoisotopic (exact) mass is 412 g/mol. The first kappa shape index (κ1) is 17.6. The van der Waals surface area contributed by atoms with Crippen molar-refractivity contribution in [1.82, 2.24) is 9.21 Å². The fourth-order valence-corrected chi connectivity index (χ4v) is 5.88. The smallest absolute Gasteiger partial charge is 0.255 e. The third-order valence-electron chi connectivity index (χ3n) is 4.66. The minimum Gasteiger partial charge on any atom is -0.505 e. The Kier molecular flexibility index (Phi) is 4.15. The maximum Gasteiger partial charge on any atom is 0.255 e. The van der Waals surface area contributed by atoms with Crippen molar-refractivity contribution in [3.8, 4) is 5.75 Å². The minimum absolute atomic E-state index is 0.100. The second-order valence-electron chi connectivity index (χ2n) is 6.16. The van der Waals surface area contributed by atoms with Gasteiger partial charge >= 0.3 is 0 Å². The summed E-state index contributed by atoms with van der Waals surface area (Å²) in [5, 5.41) is 10.2. The van der Waals surface area contributed by atoms with E-state index in [0.717, 1.165) is 0 Å². The summed E-state index contributed by atoms with van der Waals surface area (Å²) in [4.78, 5) is 13.8. The van der Waals surface area contributed by atoms with Gasteiger partial charge in [-0.05, 0) is 24.6 Å². The number of rotatable bonds is 2. The van der Waals surface area contributed by atoms with Crippen LogP contribution in [0.25, 0.3) is 0 Å². The molecule has 2 heterocycles. The summed E-state index contributed by atoms with van der Waals surface area (Å²) >= 11 is 11.8. The number of phenolic OH excluding ortho intramolecular Hbond substituents is 1. The molecule has 0 spiro atoms. The van der Waals surface area contributed by atoms with Crippen molar-refractivity contribution >= 4 is 39.1 Å². The molecule has 9 heteroatoms. The van der Waals surface area contributed by atoms with Crippen LogP contribution in [0.1, 0.15) is 28.5 Å². The Bertz CT molecular complexity index is 1030. The van der Waals surface area contributed by atoms with Crippen molar-refractivity contribution < 1.29 is 18.3 Å². The van der Waals surface area contributed by atoms with Crippen LogP contribution >= 0.6 is 23.2 Å². The van der Waals surface area contributed by atoms with Crippen molar-refractivity contribution in [1.29, 1.82) is 0 Å². The van der Waals surface area contributed by atoms with Crippen LogP contribution in [-0.4, -0.2) is 41.7 Å². The highest BCUT2D eigenvalue weighted by Crippen LogP contribution is 2.43. The first-order valence-corrected chi connectivity index (χ1v) is 10.1. The van der Waals surface area contributed by atoms with Crippen molar-refractivity contribution in [3.05, 3.63) is 57.6 Å². The number of aromatic hydroxyl groups is 1. The molecule has 136 valence electrons. The molecule has 4 rings (SSSR count). The van der Waals surface area contributed by atoms with Gasteiger partial charge in [0.15, 0.2) is 5.75 Å². The molecule has 1 atom stereocenters. The molecule has 1 unspecified atom stereocenters. The average molecular weight is 413 g/mol. The van der Waals surface area contributed by atoms with Crippen LogP contribution in [0.15, 0.2) is 41.3 Å². The minimum atomic E-state index is -4.14. The van der Waals surface area contributed by atoms with Crippen molar-refractivity contribution in [3.63, 3.8) is 0 Å². The second-order valence-corrected chi connectivity index (χ2v) is 8.87. The van der Waals surface area contributed by atoms with Crippen LogP contribution in [-0.2, 0) is 10.0 Å². The predicted molar refractivity (Wildman–Crippen MR) is 96.9 cm³/mol. The first-order chi connectivity index (χ1) is 12.3. The number of phenols is 1. The summed E-state index contributed by atoms with van der Waals surface area (Å²) in [7, 11) is -4.14. The van der Waals surface area contributed by atoms with Gasteiger partial charge in [0, 0.05) is 29.2 Å². The molecule has 2 aromatic rings. The first-order valence-electron chi connectivity index (χ1n) is 7.92. The van der Waals surface area contributed by atoms with E-state index in [2.05, 4.69) is 0 Å². The number of halogens is 2. The Balaban J connectivity index is 1.87. The molecule has 2 aromatic carbocycles. The van der Waals surface area contributed by atoms with Crippen LogP contribution in [0.3, 0.4) is 0 Å². The van der Waals surface area contributed by atoms with Gasteiger partial charge in [-0.1, -0.05) is 41.4 Å². The number of nitrogens with zero attached hydrogens (tertiary/aromatic N) is 2. The maximum atomic E-state index is 13.3. The molecule has 1 fully saturated rings. The zero-order valence-electron chi connectivity index (χ0n) is 13.4. The summed E-state index contributed by atoms with van der Waals surface area (Å²) in [6.45, 7) is 0.682. The molecule has 1 amide bonds. The van der Waals surface area contributed by atoms with Gasteiger partial charge in [-0.15, -0.1) is 0 Å². The molecule has 0 radical (unpaired) electrons. The van der Waals surface area contributed by atoms with Crippen molar-refractivity contribution in [2.75, 3.05) is 13.1 Å². The molecule has 0 bridgehead atoms. The number of carbonyl (C=O) groups is 1. The van der Waals surface area contributed by atoms with Gasteiger partial charge in [-0.2, -0.15) is 4.31 Å². The van der Waals surface area contributed by atoms with Gasteiger partial charge in [-0.3, -0.25) is 4.79 Å². The predicted octanol–water partition coefficient (Wildman–Crippen LogP) is 3.25. The normalized spacial score (nSPS) is 20.2. The highest BCUT2D eigenvalue weighted by molar-refractivity contribution is 7.89. The summed E-state index contributed by atoms with van der Waals surface area (Å²) in [5.41, 5.74) is 1.13. The van der Waals surface area contributed by atoms with Crippen LogP contribution in [0.2, 0.25) is 10.0 Å². The lowest BCUT2D eigenvalue weighted by atomic mass is 10.1. The summed E-state index contributed by atoms with van der Waals surface area (Å²) in [6.07, 6.45) is -0.251. The molecule has 1 N–H and O–H groups in total. The number of carbonyl (C=O) groups excluding carboxylic acids is 1. The van der Waals surface area contributed by atoms with Crippen LogP contribution in [0.5, 0.6) is 5.75 Å². The Hall–Kier alpha value is -1.80. The Labute approximate surface area is 160 Å². The van der Waals surface area contributed by atoms with E-state index in [4.69, 9.17) is 23.2 Å². The van der Waals surface area contributed by atoms with Crippen molar-refractivity contribution in [2.24, 2.45) is 0 Å². The summed E-state index contributed by atoms with van der Waals surface area (Å²) in [5.74, 6) is -0.746. The molecule has 26 heavy (non-hydrogen) atoms. The van der Waals surface area contributed by atoms with Crippen molar-refractivity contribution in [2.45, 2.75) is 17.5 Å². The number of fused-ring (bicyclic) bond motifs is 3. The third kappa shape index (κ3) is 2.50. The molecular formula is C17H14Cl2N2O4S. The zero-order chi connectivity index (χ0) is 18.6. The second kappa shape index (κ2) is 6.13. The molecule has 6 nitrogen and oxygen atoms in total. The summed E-state index contributed by atoms with van der Waals surface area (Å²) < 4.78 is 27.8. The molecule has 2 aliphatic heterocycles. The molecule has 1 saturated heterocycles. The van der Waals surface area contributed by atoms with Gasteiger partial charge in [0.25, 0.3) is 5.91 Å². The van der Waals surface area contributed by atoms with E-state index in [9.17, 15) is 18.3 Å². The molecular weight excluding hydrogens is 399 g/mol. The Morgan fingerprint density at radius 3 is 2.62 bits per heavy atom. The van der Waals surface area contributed by atoms with Crippen LogP contribution < -0.4 is 0 Å². The lowest BCUT2D eigenvalue weighted by Crippen LogP contribution is -2.48. The molecule has 0 aliphatic carbocycles. The Morgan fingerprint density at radius 2 is 1.85 bits per heavy atom. The zero-order valence-corrected chi connectivity index (χ0v) is 15.7. The van der Waals surface area contributed by atoms with E-state index in [1.165, 1.54) is 21.3 Å². The van der Waals surface area contributed by atoms with Gasteiger partial charge < -0.3 is 10.0 Å². The fourth-order valence-electron chi connectivity index (χ4n) is 3.52. The SMILES string of the molecule is O=C1c2ccccc2C2N1CCCN2S(=O)(=O)c1cc(Cl)cc(Cl)c1O. The number of hydrogen-bond acceptors (Lipinski definition) is 4. The topological polar surface area (TPSA) is 77.9 Å². The van der Waals surface area contributed by atoms with E-state index >= 15 is 0 Å². The van der Waals surface area contributed by atoms with E-state index in [1.807, 2.05) is 0 Å². The lowest BCUT2D eigenvalue weighted by molar-refractivity contribution is 0.0470. The number of amides is 1. The Morgan fingerprint density at radius 1 is 1.12 bits per heavy atom. The molecule has 0 aromatic heterocycles. The fraction of sp³-hybridized carbons (Fsp3) is 0.235. The number of sulfonamides is 1. The van der Waals surface area contributed by atoms with E-state index < -0.39 is 21.9 Å². The molecule has 0 saturated carbocycles. The third-order valence-corrected chi connectivity index (χ3v) is 7.03. The average Bonchev–Trinajstić information content (AvgIpc) is 2.91. The largest absolute Gasteiger partial charge is 0.505 e. The van der Waals surface area contributed by atoms with Crippen LogP contribution in [0, 0.1) is 0 Å². The number of hydrogen-bond donors (Lipinski definition) is 1. The van der Waals surface area contributed by atoms with E-state index in [-0.39, 0.29) is 27.4 Å². The summed E-state index contributed by atoms with van der Waals surface area (Å²) in [6, 6.07) is 9.39. The standard InChI is InChI=1S/C17H14Cl2N2O4S/c18-10-8-13(19)15(22)14(9-10)26(24,25)21-7-3-6-20-16(21)11-4-1-2-5-12(11)17(20)23/h1-2,4-5,8-9,16,22H,3,6-7H2. The highest BCUT2D eigenvalue weighted by atomic mass is 35.5. The highest BCUT2D eigenvalue weighted by Gasteiger charge is 2.47. The van der Waals surface area contributed by atoms with Gasteiger partial charge in [0.2, 0.25) is 10.0 Å². The molecule has 2 aliphatic rings. The van der Waals surface area contributed by atoms with Crippen LogP contribution in [0.4, 0.5) is 0 Å². The number of benzene rings is 2. The van der Waals surface area contributed by atoms with Gasteiger partial charge in [0.05, 0.1) is 5.02 Å². The van der Waals surface area contributed by atoms with Gasteiger partial charge in [0.1, 0.15) is 11.1 Å². The van der Waals surface area contributed by atoms with E-state index in [0.29, 0.717) is 24.1 Å².